The average Bonchev–Trinajstić information content (AvgIpc) is 2.67. The predicted octanol–water partition coefficient (Wildman–Crippen LogP) is 2.65. The van der Waals surface area contributed by atoms with Crippen LogP contribution >= 0.6 is 11.5 Å². The minimum Gasteiger partial charge on any atom is -0.361 e. The van der Waals surface area contributed by atoms with Crippen LogP contribution in [-0.2, 0) is 0 Å². The number of rotatable bonds is 3. The molecule has 0 radical (unpaired) electrons. The lowest BCUT2D eigenvalue weighted by atomic mass is 10.1. The van der Waals surface area contributed by atoms with Crippen LogP contribution in [0.2, 0.25) is 0 Å². The zero-order valence-electron chi connectivity index (χ0n) is 9.61. The van der Waals surface area contributed by atoms with Crippen LogP contribution < -0.4 is 5.32 Å². The Morgan fingerprint density at radius 1 is 1.38 bits per heavy atom. The number of aromatic nitrogens is 3. The Bertz CT molecular complexity index is 492. The molecule has 4 nitrogen and oxygen atoms in total. The third-order valence-electron chi connectivity index (χ3n) is 2.18. The van der Waals surface area contributed by atoms with Gasteiger partial charge in [0, 0.05) is 24.3 Å². The van der Waals surface area contributed by atoms with Gasteiger partial charge in [0.15, 0.2) is 5.82 Å². The monoisotopic (exact) mass is 234 g/mol. The molecule has 2 rings (SSSR count). The number of anilines is 1. The van der Waals surface area contributed by atoms with Crippen molar-refractivity contribution in [3.05, 3.63) is 23.4 Å². The smallest absolute Gasteiger partial charge is 0.202 e. The molecule has 0 unspecified atom stereocenters. The number of nitrogens with zero attached hydrogens (tertiary/aromatic N) is 3. The lowest BCUT2D eigenvalue weighted by molar-refractivity contribution is 1.15. The first-order valence-electron chi connectivity index (χ1n) is 5.22. The Kier molecular flexibility index (Phi) is 3.14. The van der Waals surface area contributed by atoms with Crippen molar-refractivity contribution in [1.82, 2.24) is 14.3 Å². The molecular formula is C11H14N4S. The van der Waals surface area contributed by atoms with Gasteiger partial charge in [0.25, 0.3) is 0 Å². The number of hydrogen-bond acceptors (Lipinski definition) is 5. The van der Waals surface area contributed by atoms with Crippen LogP contribution in [-0.4, -0.2) is 20.9 Å². The van der Waals surface area contributed by atoms with Crippen LogP contribution in [0.25, 0.3) is 11.5 Å². The minimum atomic E-state index is 0.707. The van der Waals surface area contributed by atoms with Crippen LogP contribution in [0.4, 0.5) is 5.13 Å². The first-order valence-corrected chi connectivity index (χ1v) is 5.99. The zero-order valence-corrected chi connectivity index (χ0v) is 10.4. The van der Waals surface area contributed by atoms with E-state index in [1.165, 1.54) is 11.5 Å². The van der Waals surface area contributed by atoms with Crippen molar-refractivity contribution in [3.63, 3.8) is 0 Å². The second-order valence-corrected chi connectivity index (χ2v) is 4.38. The van der Waals surface area contributed by atoms with Crippen molar-refractivity contribution in [2.75, 3.05) is 11.9 Å². The van der Waals surface area contributed by atoms with Gasteiger partial charge in [-0.1, -0.05) is 6.07 Å². The molecule has 0 aliphatic heterocycles. The largest absolute Gasteiger partial charge is 0.361 e. The van der Waals surface area contributed by atoms with Crippen LogP contribution in [0, 0.1) is 13.8 Å². The fraction of sp³-hybridized carbons (Fsp3) is 0.364. The molecule has 0 saturated carbocycles. The molecule has 0 spiro atoms. The fourth-order valence-corrected chi connectivity index (χ4v) is 2.13. The van der Waals surface area contributed by atoms with Crippen LogP contribution in [0.1, 0.15) is 18.1 Å². The van der Waals surface area contributed by atoms with Gasteiger partial charge < -0.3 is 5.32 Å². The Morgan fingerprint density at radius 3 is 2.88 bits per heavy atom. The summed E-state index contributed by atoms with van der Waals surface area (Å²) in [5, 5.41) is 3.99. The first-order chi connectivity index (χ1) is 7.70. The van der Waals surface area contributed by atoms with Gasteiger partial charge in [-0.2, -0.15) is 9.36 Å². The lowest BCUT2D eigenvalue weighted by Crippen LogP contribution is -1.96. The van der Waals surface area contributed by atoms with Gasteiger partial charge in [-0.25, -0.2) is 0 Å². The van der Waals surface area contributed by atoms with Gasteiger partial charge in [-0.05, 0) is 31.9 Å². The Balaban J connectivity index is 2.35. The zero-order chi connectivity index (χ0) is 11.5. The van der Waals surface area contributed by atoms with E-state index in [0.29, 0.717) is 5.82 Å². The maximum absolute atomic E-state index is 4.39. The van der Waals surface area contributed by atoms with Gasteiger partial charge in [-0.3, -0.25) is 4.98 Å². The highest BCUT2D eigenvalue weighted by atomic mass is 32.1. The molecule has 0 fully saturated rings. The molecule has 0 atom stereocenters. The molecule has 2 aromatic rings. The quantitative estimate of drug-likeness (QED) is 0.887. The van der Waals surface area contributed by atoms with Crippen molar-refractivity contribution < 1.29 is 0 Å². The van der Waals surface area contributed by atoms with E-state index < -0.39 is 0 Å². The van der Waals surface area contributed by atoms with E-state index in [4.69, 9.17) is 0 Å². The molecule has 0 bridgehead atoms. The van der Waals surface area contributed by atoms with Gasteiger partial charge in [-0.15, -0.1) is 0 Å². The fourth-order valence-electron chi connectivity index (χ4n) is 1.49. The van der Waals surface area contributed by atoms with E-state index in [1.807, 2.05) is 27.0 Å². The van der Waals surface area contributed by atoms with E-state index in [9.17, 15) is 0 Å². The van der Waals surface area contributed by atoms with Crippen molar-refractivity contribution in [2.45, 2.75) is 20.8 Å². The second-order valence-electron chi connectivity index (χ2n) is 3.63. The first kappa shape index (κ1) is 11.0. The molecule has 0 aliphatic rings. The molecule has 2 heterocycles. The van der Waals surface area contributed by atoms with E-state index in [-0.39, 0.29) is 0 Å². The van der Waals surface area contributed by atoms with E-state index in [0.717, 1.165) is 28.5 Å². The predicted molar refractivity (Wildman–Crippen MR) is 66.8 cm³/mol. The third kappa shape index (κ3) is 2.19. The summed E-state index contributed by atoms with van der Waals surface area (Å²) in [5.74, 6) is 0.707. The van der Waals surface area contributed by atoms with Crippen LogP contribution in [0.5, 0.6) is 0 Å². The maximum Gasteiger partial charge on any atom is 0.202 e. The standard InChI is InChI=1S/C11H14N4S/c1-4-12-11-14-10(15-16-11)9-8(3)5-7(2)6-13-9/h5-6H,4H2,1-3H3,(H,12,14,15). The molecular weight excluding hydrogens is 220 g/mol. The number of pyridine rings is 1. The van der Waals surface area contributed by atoms with Crippen molar-refractivity contribution in [1.29, 1.82) is 0 Å². The second kappa shape index (κ2) is 4.57. The van der Waals surface area contributed by atoms with Crippen molar-refractivity contribution in [2.24, 2.45) is 0 Å². The molecule has 5 heteroatoms. The summed E-state index contributed by atoms with van der Waals surface area (Å²) in [6, 6.07) is 2.09. The molecule has 16 heavy (non-hydrogen) atoms. The molecule has 2 aromatic heterocycles. The highest BCUT2D eigenvalue weighted by Crippen LogP contribution is 2.22. The van der Waals surface area contributed by atoms with Crippen molar-refractivity contribution in [3.8, 4) is 11.5 Å². The Hall–Kier alpha value is -1.49. The molecule has 0 amide bonds. The maximum atomic E-state index is 4.39. The normalized spacial score (nSPS) is 10.4. The third-order valence-corrected chi connectivity index (χ3v) is 2.85. The van der Waals surface area contributed by atoms with E-state index in [1.54, 1.807) is 0 Å². The summed E-state index contributed by atoms with van der Waals surface area (Å²) < 4.78 is 4.30. The lowest BCUT2D eigenvalue weighted by Gasteiger charge is -2.01. The van der Waals surface area contributed by atoms with Gasteiger partial charge in [0.05, 0.1) is 0 Å². The number of aryl methyl sites for hydroxylation is 2. The summed E-state index contributed by atoms with van der Waals surface area (Å²) >= 11 is 1.37. The van der Waals surface area contributed by atoms with Gasteiger partial charge in [0.1, 0.15) is 5.69 Å². The van der Waals surface area contributed by atoms with Gasteiger partial charge >= 0.3 is 0 Å². The molecule has 1 N–H and O–H groups in total. The Labute approximate surface area is 98.9 Å². The highest BCUT2D eigenvalue weighted by molar-refractivity contribution is 7.09. The molecule has 0 saturated heterocycles. The molecule has 84 valence electrons. The minimum absolute atomic E-state index is 0.707. The Morgan fingerprint density at radius 2 is 2.19 bits per heavy atom. The van der Waals surface area contributed by atoms with E-state index in [2.05, 4.69) is 25.7 Å². The highest BCUT2D eigenvalue weighted by Gasteiger charge is 2.09. The van der Waals surface area contributed by atoms with Gasteiger partial charge in [0.2, 0.25) is 5.13 Å². The van der Waals surface area contributed by atoms with E-state index >= 15 is 0 Å². The van der Waals surface area contributed by atoms with Crippen LogP contribution in [0.15, 0.2) is 12.3 Å². The topological polar surface area (TPSA) is 50.7 Å². The summed E-state index contributed by atoms with van der Waals surface area (Å²) in [6.45, 7) is 6.96. The summed E-state index contributed by atoms with van der Waals surface area (Å²) in [4.78, 5) is 8.77. The number of hydrogen-bond donors (Lipinski definition) is 1. The van der Waals surface area contributed by atoms with Crippen molar-refractivity contribution >= 4 is 16.7 Å². The molecule has 0 aliphatic carbocycles. The molecule has 0 aromatic carbocycles. The average molecular weight is 234 g/mol. The van der Waals surface area contributed by atoms with Crippen LogP contribution in [0.3, 0.4) is 0 Å². The summed E-state index contributed by atoms with van der Waals surface area (Å²) in [7, 11) is 0. The number of nitrogens with one attached hydrogen (secondary N) is 1. The SMILES string of the molecule is CCNc1nc(-c2ncc(C)cc2C)ns1. The summed E-state index contributed by atoms with van der Waals surface area (Å²) in [6.07, 6.45) is 1.84. The summed E-state index contributed by atoms with van der Waals surface area (Å²) in [5.41, 5.74) is 3.13.